The zero-order valence-corrected chi connectivity index (χ0v) is 15.8. The fraction of sp³-hybridized carbons (Fsp3) is 0.0870. The summed E-state index contributed by atoms with van der Waals surface area (Å²) in [5, 5.41) is 4.26. The van der Waals surface area contributed by atoms with Crippen LogP contribution in [0.5, 0.6) is 0 Å². The van der Waals surface area contributed by atoms with Crippen LogP contribution in [0.2, 0.25) is 0 Å². The molecule has 0 radical (unpaired) electrons. The lowest BCUT2D eigenvalue weighted by molar-refractivity contribution is 0.623. The van der Waals surface area contributed by atoms with E-state index in [-0.39, 0.29) is 5.82 Å². The van der Waals surface area contributed by atoms with Gasteiger partial charge >= 0.3 is 0 Å². The predicted molar refractivity (Wildman–Crippen MR) is 110 cm³/mol. The van der Waals surface area contributed by atoms with Gasteiger partial charge in [0.1, 0.15) is 5.82 Å². The summed E-state index contributed by atoms with van der Waals surface area (Å²) >= 11 is 0. The minimum absolute atomic E-state index is 0.246. The number of nitrogens with zero attached hydrogens (tertiary/aromatic N) is 5. The number of aryl methyl sites for hydroxylation is 1. The third-order valence-electron chi connectivity index (χ3n) is 4.88. The first-order valence-electron chi connectivity index (χ1n) is 9.35. The molecule has 0 spiro atoms. The second-order valence-electron chi connectivity index (χ2n) is 6.98. The normalized spacial score (nSPS) is 11.2. The molecule has 6 heteroatoms. The van der Waals surface area contributed by atoms with E-state index in [2.05, 4.69) is 11.2 Å². The standard InChI is InChI=1S/C23H18FN5/c1-16-4-2-7-21(27-16)23-22(18-9-11-29-20(13-18)8-10-26-29)25-15-28(23)14-17-5-3-6-19(24)12-17/h2-13,15H,14H2,1H3. The maximum Gasteiger partial charge on any atom is 0.123 e. The van der Waals surface area contributed by atoms with Gasteiger partial charge in [0.25, 0.3) is 0 Å². The Morgan fingerprint density at radius 1 is 1.00 bits per heavy atom. The van der Waals surface area contributed by atoms with Gasteiger partial charge in [-0.05, 0) is 55.0 Å². The van der Waals surface area contributed by atoms with Crippen LogP contribution in [0, 0.1) is 12.7 Å². The fourth-order valence-corrected chi connectivity index (χ4v) is 3.56. The molecule has 0 unspecified atom stereocenters. The molecule has 5 aromatic rings. The zero-order valence-electron chi connectivity index (χ0n) is 15.8. The summed E-state index contributed by atoms with van der Waals surface area (Å²) in [6, 6.07) is 18.6. The van der Waals surface area contributed by atoms with E-state index in [4.69, 9.17) is 9.97 Å². The second-order valence-corrected chi connectivity index (χ2v) is 6.98. The first kappa shape index (κ1) is 17.3. The van der Waals surface area contributed by atoms with Gasteiger partial charge in [-0.25, -0.2) is 13.9 Å². The SMILES string of the molecule is Cc1cccc(-c2c(-c3ccn4nccc4c3)ncn2Cc2cccc(F)c2)n1. The third kappa shape index (κ3) is 3.29. The van der Waals surface area contributed by atoms with E-state index in [0.29, 0.717) is 6.54 Å². The van der Waals surface area contributed by atoms with Crippen molar-refractivity contribution in [3.05, 3.63) is 96.5 Å². The molecule has 0 aliphatic heterocycles. The Kier molecular flexibility index (Phi) is 4.17. The summed E-state index contributed by atoms with van der Waals surface area (Å²) in [5.41, 5.74) is 6.35. The lowest BCUT2D eigenvalue weighted by Gasteiger charge is -2.11. The molecular formula is C23H18FN5. The van der Waals surface area contributed by atoms with Crippen molar-refractivity contribution in [2.45, 2.75) is 13.5 Å². The zero-order chi connectivity index (χ0) is 19.8. The molecule has 142 valence electrons. The van der Waals surface area contributed by atoms with Gasteiger partial charge in [0.2, 0.25) is 0 Å². The number of hydrogen-bond acceptors (Lipinski definition) is 3. The van der Waals surface area contributed by atoms with Crippen LogP contribution in [0.15, 0.2) is 79.4 Å². The molecule has 0 aliphatic carbocycles. The van der Waals surface area contributed by atoms with Crippen molar-refractivity contribution >= 4 is 5.52 Å². The van der Waals surface area contributed by atoms with E-state index in [1.807, 2.05) is 58.6 Å². The van der Waals surface area contributed by atoms with Crippen LogP contribution < -0.4 is 0 Å². The highest BCUT2D eigenvalue weighted by Gasteiger charge is 2.17. The summed E-state index contributed by atoms with van der Waals surface area (Å²) in [4.78, 5) is 9.42. The van der Waals surface area contributed by atoms with Crippen LogP contribution in [-0.4, -0.2) is 24.1 Å². The minimum Gasteiger partial charge on any atom is -0.324 e. The summed E-state index contributed by atoms with van der Waals surface area (Å²) in [6.45, 7) is 2.47. The molecule has 0 saturated carbocycles. The molecule has 29 heavy (non-hydrogen) atoms. The molecule has 4 heterocycles. The molecule has 5 nitrogen and oxygen atoms in total. The lowest BCUT2D eigenvalue weighted by atomic mass is 10.1. The largest absolute Gasteiger partial charge is 0.324 e. The smallest absolute Gasteiger partial charge is 0.123 e. The van der Waals surface area contributed by atoms with Crippen molar-refractivity contribution in [3.8, 4) is 22.6 Å². The Labute approximate surface area is 167 Å². The van der Waals surface area contributed by atoms with E-state index in [9.17, 15) is 4.39 Å². The minimum atomic E-state index is -0.246. The Bertz CT molecular complexity index is 1320. The van der Waals surface area contributed by atoms with E-state index >= 15 is 0 Å². The Morgan fingerprint density at radius 2 is 1.90 bits per heavy atom. The van der Waals surface area contributed by atoms with Crippen LogP contribution >= 0.6 is 0 Å². The quantitative estimate of drug-likeness (QED) is 0.450. The highest BCUT2D eigenvalue weighted by molar-refractivity contribution is 5.78. The third-order valence-corrected chi connectivity index (χ3v) is 4.88. The molecule has 4 aromatic heterocycles. The van der Waals surface area contributed by atoms with E-state index < -0.39 is 0 Å². The summed E-state index contributed by atoms with van der Waals surface area (Å²) < 4.78 is 17.5. The molecule has 1 aromatic carbocycles. The number of imidazole rings is 1. The number of aromatic nitrogens is 5. The van der Waals surface area contributed by atoms with Gasteiger partial charge < -0.3 is 4.57 Å². The predicted octanol–water partition coefficient (Wildman–Crippen LogP) is 4.76. The summed E-state index contributed by atoms with van der Waals surface area (Å²) in [7, 11) is 0. The van der Waals surface area contributed by atoms with E-state index in [1.165, 1.54) is 6.07 Å². The highest BCUT2D eigenvalue weighted by Crippen LogP contribution is 2.31. The van der Waals surface area contributed by atoms with Crippen molar-refractivity contribution in [3.63, 3.8) is 0 Å². The van der Waals surface area contributed by atoms with E-state index in [0.717, 1.165) is 39.4 Å². The Balaban J connectivity index is 1.67. The molecule has 0 aliphatic rings. The molecule has 0 amide bonds. The first-order chi connectivity index (χ1) is 14.2. The Hall–Kier alpha value is -3.80. The second kappa shape index (κ2) is 6.98. The molecule has 5 rings (SSSR count). The maximum atomic E-state index is 13.7. The van der Waals surface area contributed by atoms with Crippen molar-refractivity contribution in [2.24, 2.45) is 0 Å². The molecular weight excluding hydrogens is 365 g/mol. The number of rotatable bonds is 4. The van der Waals surface area contributed by atoms with Crippen LogP contribution in [0.1, 0.15) is 11.3 Å². The van der Waals surface area contributed by atoms with Gasteiger partial charge in [-0.2, -0.15) is 5.10 Å². The van der Waals surface area contributed by atoms with Gasteiger partial charge in [0.15, 0.2) is 0 Å². The first-order valence-corrected chi connectivity index (χ1v) is 9.35. The number of halogens is 1. The Morgan fingerprint density at radius 3 is 2.76 bits per heavy atom. The summed E-state index contributed by atoms with van der Waals surface area (Å²) in [5.74, 6) is -0.246. The van der Waals surface area contributed by atoms with Crippen LogP contribution in [0.3, 0.4) is 0 Å². The van der Waals surface area contributed by atoms with Crippen molar-refractivity contribution in [1.29, 1.82) is 0 Å². The van der Waals surface area contributed by atoms with Gasteiger partial charge in [0, 0.05) is 30.2 Å². The number of pyridine rings is 2. The summed E-state index contributed by atoms with van der Waals surface area (Å²) in [6.07, 6.45) is 5.48. The van der Waals surface area contributed by atoms with Gasteiger partial charge in [0.05, 0.1) is 28.9 Å². The van der Waals surface area contributed by atoms with Crippen LogP contribution in [0.25, 0.3) is 28.2 Å². The van der Waals surface area contributed by atoms with Crippen molar-refractivity contribution in [2.75, 3.05) is 0 Å². The topological polar surface area (TPSA) is 48.0 Å². The van der Waals surface area contributed by atoms with Crippen LogP contribution in [0.4, 0.5) is 4.39 Å². The monoisotopic (exact) mass is 383 g/mol. The molecule has 0 fully saturated rings. The van der Waals surface area contributed by atoms with Crippen LogP contribution in [-0.2, 0) is 6.54 Å². The number of fused-ring (bicyclic) bond motifs is 1. The molecule has 0 atom stereocenters. The number of benzene rings is 1. The molecule has 0 bridgehead atoms. The fourth-order valence-electron chi connectivity index (χ4n) is 3.56. The van der Waals surface area contributed by atoms with Crippen molar-refractivity contribution < 1.29 is 4.39 Å². The van der Waals surface area contributed by atoms with Gasteiger partial charge in [-0.3, -0.25) is 4.98 Å². The maximum absolute atomic E-state index is 13.7. The van der Waals surface area contributed by atoms with Gasteiger partial charge in [-0.1, -0.05) is 18.2 Å². The average molecular weight is 383 g/mol. The van der Waals surface area contributed by atoms with Crippen molar-refractivity contribution in [1.82, 2.24) is 24.1 Å². The lowest BCUT2D eigenvalue weighted by Crippen LogP contribution is -2.03. The van der Waals surface area contributed by atoms with Gasteiger partial charge in [-0.15, -0.1) is 0 Å². The molecule has 0 N–H and O–H groups in total. The van der Waals surface area contributed by atoms with E-state index in [1.54, 1.807) is 24.7 Å². The number of hydrogen-bond donors (Lipinski definition) is 0. The highest BCUT2D eigenvalue weighted by atomic mass is 19.1. The average Bonchev–Trinajstić information content (AvgIpc) is 3.34. The molecule has 0 saturated heterocycles.